The third kappa shape index (κ3) is 3.53. The zero-order valence-electron chi connectivity index (χ0n) is 12.8. The quantitative estimate of drug-likeness (QED) is 0.539. The first kappa shape index (κ1) is 16.2. The number of anilines is 3. The maximum Gasteiger partial charge on any atom is 0.353 e. The minimum Gasteiger partial charge on any atom is -0.395 e. The van der Waals surface area contributed by atoms with E-state index in [2.05, 4.69) is 29.1 Å². The molecule has 1 aromatic rings. The second kappa shape index (κ2) is 6.73. The fraction of sp³-hybridized carbons (Fsp3) is 0.692. The van der Waals surface area contributed by atoms with Crippen molar-refractivity contribution < 1.29 is 10.0 Å². The van der Waals surface area contributed by atoms with Crippen molar-refractivity contribution in [2.75, 3.05) is 42.2 Å². The van der Waals surface area contributed by atoms with Gasteiger partial charge >= 0.3 is 5.69 Å². The van der Waals surface area contributed by atoms with Crippen LogP contribution in [0.4, 0.5) is 23.3 Å². The molecule has 1 aromatic heterocycles. The van der Waals surface area contributed by atoms with E-state index in [1.165, 1.54) is 0 Å². The van der Waals surface area contributed by atoms with Crippen LogP contribution in [-0.4, -0.2) is 46.2 Å². The van der Waals surface area contributed by atoms with Gasteiger partial charge in [0.05, 0.1) is 11.5 Å². The lowest BCUT2D eigenvalue weighted by Crippen LogP contribution is -2.40. The summed E-state index contributed by atoms with van der Waals surface area (Å²) in [6.07, 6.45) is 1.13. The summed E-state index contributed by atoms with van der Waals surface area (Å²) in [6.45, 7) is 5.89. The molecular formula is C13H22N6O3. The third-order valence-corrected chi connectivity index (χ3v) is 3.64. The SMILES string of the molecule is C[C@@H]1C[C@@H](C)CN(c2nc(N)c([N+](=O)[O-])c(NCCO)n2)C1. The number of aliphatic hydroxyl groups excluding tert-OH is 1. The van der Waals surface area contributed by atoms with Gasteiger partial charge < -0.3 is 21.1 Å². The van der Waals surface area contributed by atoms with E-state index in [1.807, 2.05) is 4.90 Å². The van der Waals surface area contributed by atoms with Gasteiger partial charge in [0.25, 0.3) is 0 Å². The molecule has 0 spiro atoms. The topological polar surface area (TPSA) is 130 Å². The van der Waals surface area contributed by atoms with Crippen molar-refractivity contribution in [3.8, 4) is 0 Å². The molecule has 1 fully saturated rings. The molecule has 0 unspecified atom stereocenters. The zero-order chi connectivity index (χ0) is 16.3. The van der Waals surface area contributed by atoms with Crippen LogP contribution in [0.5, 0.6) is 0 Å². The Morgan fingerprint density at radius 3 is 2.59 bits per heavy atom. The van der Waals surface area contributed by atoms with Crippen molar-refractivity contribution in [3.05, 3.63) is 10.1 Å². The van der Waals surface area contributed by atoms with Crippen LogP contribution in [0, 0.1) is 22.0 Å². The number of nitrogen functional groups attached to an aromatic ring is 1. The molecule has 0 aromatic carbocycles. The van der Waals surface area contributed by atoms with Crippen LogP contribution in [0.3, 0.4) is 0 Å². The first-order valence-corrected chi connectivity index (χ1v) is 7.34. The van der Waals surface area contributed by atoms with E-state index in [0.717, 1.165) is 19.5 Å². The molecule has 9 nitrogen and oxygen atoms in total. The highest BCUT2D eigenvalue weighted by molar-refractivity contribution is 5.70. The van der Waals surface area contributed by atoms with Crippen LogP contribution >= 0.6 is 0 Å². The Morgan fingerprint density at radius 2 is 2.05 bits per heavy atom. The summed E-state index contributed by atoms with van der Waals surface area (Å²) in [5, 5.41) is 22.8. The zero-order valence-corrected chi connectivity index (χ0v) is 12.8. The molecule has 0 amide bonds. The van der Waals surface area contributed by atoms with E-state index in [0.29, 0.717) is 17.8 Å². The number of nitro groups is 1. The maximum absolute atomic E-state index is 11.1. The van der Waals surface area contributed by atoms with E-state index in [9.17, 15) is 10.1 Å². The van der Waals surface area contributed by atoms with Crippen molar-refractivity contribution in [1.29, 1.82) is 0 Å². The number of hydrogen-bond donors (Lipinski definition) is 3. The Hall–Kier alpha value is -2.16. The normalized spacial score (nSPS) is 21.7. The van der Waals surface area contributed by atoms with Gasteiger partial charge in [0.1, 0.15) is 0 Å². The van der Waals surface area contributed by atoms with Crippen LogP contribution in [0.2, 0.25) is 0 Å². The molecule has 122 valence electrons. The van der Waals surface area contributed by atoms with Gasteiger partial charge in [-0.2, -0.15) is 9.97 Å². The Labute approximate surface area is 128 Å². The Balaban J connectivity index is 2.36. The lowest BCUT2D eigenvalue weighted by Gasteiger charge is -2.35. The van der Waals surface area contributed by atoms with E-state index < -0.39 is 4.92 Å². The summed E-state index contributed by atoms with van der Waals surface area (Å²) in [6, 6.07) is 0. The Kier molecular flexibility index (Phi) is 4.96. The van der Waals surface area contributed by atoms with Gasteiger partial charge in [-0.1, -0.05) is 13.8 Å². The molecule has 2 heterocycles. The van der Waals surface area contributed by atoms with Crippen molar-refractivity contribution >= 4 is 23.3 Å². The molecule has 0 aliphatic carbocycles. The van der Waals surface area contributed by atoms with E-state index in [4.69, 9.17) is 10.8 Å². The number of rotatable bonds is 5. The van der Waals surface area contributed by atoms with Crippen molar-refractivity contribution in [3.63, 3.8) is 0 Å². The van der Waals surface area contributed by atoms with Gasteiger partial charge in [0.2, 0.25) is 17.6 Å². The summed E-state index contributed by atoms with van der Waals surface area (Å²) >= 11 is 0. The monoisotopic (exact) mass is 310 g/mol. The number of hydrogen-bond acceptors (Lipinski definition) is 8. The summed E-state index contributed by atoms with van der Waals surface area (Å²) in [7, 11) is 0. The largest absolute Gasteiger partial charge is 0.395 e. The average molecular weight is 310 g/mol. The second-order valence-electron chi connectivity index (χ2n) is 5.86. The summed E-state index contributed by atoms with van der Waals surface area (Å²) in [5.74, 6) is 1.27. The molecule has 0 bridgehead atoms. The molecular weight excluding hydrogens is 288 g/mol. The minimum absolute atomic E-state index is 0.0485. The number of piperidine rings is 1. The molecule has 1 aliphatic heterocycles. The van der Waals surface area contributed by atoms with Gasteiger partial charge in [0, 0.05) is 19.6 Å². The Bertz CT molecular complexity index is 543. The first-order chi connectivity index (χ1) is 10.4. The fourth-order valence-corrected chi connectivity index (χ4v) is 2.91. The van der Waals surface area contributed by atoms with Crippen LogP contribution in [0.1, 0.15) is 20.3 Å². The van der Waals surface area contributed by atoms with Crippen LogP contribution in [0.25, 0.3) is 0 Å². The lowest BCUT2D eigenvalue weighted by atomic mass is 9.92. The summed E-state index contributed by atoms with van der Waals surface area (Å²) in [5.41, 5.74) is 5.40. The third-order valence-electron chi connectivity index (χ3n) is 3.64. The predicted octanol–water partition coefficient (Wildman–Crippen LogP) is 0.853. The first-order valence-electron chi connectivity index (χ1n) is 7.34. The fourth-order valence-electron chi connectivity index (χ4n) is 2.91. The molecule has 9 heteroatoms. The standard InChI is InChI=1S/C13H22N6O3/c1-8-5-9(2)7-18(6-8)13-16-11(14)10(19(21)22)12(17-13)15-3-4-20/h8-9,20H,3-7H2,1-2H3,(H3,14,15,16,17)/t8-,9-/m1/s1. The number of aromatic nitrogens is 2. The molecule has 2 atom stereocenters. The summed E-state index contributed by atoms with van der Waals surface area (Å²) in [4.78, 5) is 20.9. The average Bonchev–Trinajstić information content (AvgIpc) is 2.42. The molecule has 2 rings (SSSR count). The lowest BCUT2D eigenvalue weighted by molar-refractivity contribution is -0.383. The molecule has 1 saturated heterocycles. The smallest absolute Gasteiger partial charge is 0.353 e. The van der Waals surface area contributed by atoms with Crippen LogP contribution in [-0.2, 0) is 0 Å². The van der Waals surface area contributed by atoms with Crippen molar-refractivity contribution in [1.82, 2.24) is 9.97 Å². The predicted molar refractivity (Wildman–Crippen MR) is 83.8 cm³/mol. The highest BCUT2D eigenvalue weighted by Gasteiger charge is 2.28. The number of nitrogens with two attached hydrogens (primary N) is 1. The molecule has 0 radical (unpaired) electrons. The molecule has 0 saturated carbocycles. The molecule has 1 aliphatic rings. The number of nitrogens with one attached hydrogen (secondary N) is 1. The van der Waals surface area contributed by atoms with E-state index in [-0.39, 0.29) is 30.5 Å². The number of aliphatic hydroxyl groups is 1. The van der Waals surface area contributed by atoms with Crippen molar-refractivity contribution in [2.45, 2.75) is 20.3 Å². The molecule has 4 N–H and O–H groups in total. The summed E-state index contributed by atoms with van der Waals surface area (Å²) < 4.78 is 0. The highest BCUT2D eigenvalue weighted by atomic mass is 16.6. The van der Waals surface area contributed by atoms with Crippen molar-refractivity contribution in [2.24, 2.45) is 11.8 Å². The molecule has 22 heavy (non-hydrogen) atoms. The van der Waals surface area contributed by atoms with Gasteiger partial charge in [-0.05, 0) is 18.3 Å². The highest BCUT2D eigenvalue weighted by Crippen LogP contribution is 2.32. The van der Waals surface area contributed by atoms with Gasteiger partial charge in [-0.3, -0.25) is 10.1 Å². The Morgan fingerprint density at radius 1 is 1.41 bits per heavy atom. The van der Waals surface area contributed by atoms with Gasteiger partial charge in [-0.15, -0.1) is 0 Å². The minimum atomic E-state index is -0.611. The van der Waals surface area contributed by atoms with Gasteiger partial charge in [-0.25, -0.2) is 0 Å². The maximum atomic E-state index is 11.1. The van der Waals surface area contributed by atoms with Crippen LogP contribution in [0.15, 0.2) is 0 Å². The van der Waals surface area contributed by atoms with Gasteiger partial charge in [0.15, 0.2) is 0 Å². The second-order valence-corrected chi connectivity index (χ2v) is 5.86. The van der Waals surface area contributed by atoms with E-state index >= 15 is 0 Å². The van der Waals surface area contributed by atoms with Crippen LogP contribution < -0.4 is 16.0 Å². The van der Waals surface area contributed by atoms with E-state index in [1.54, 1.807) is 0 Å². The number of nitrogens with zero attached hydrogens (tertiary/aromatic N) is 4.